The van der Waals surface area contributed by atoms with E-state index in [2.05, 4.69) is 0 Å². The van der Waals surface area contributed by atoms with Crippen LogP contribution in [0, 0.1) is 11.7 Å². The summed E-state index contributed by atoms with van der Waals surface area (Å²) in [6.45, 7) is 3.00. The minimum absolute atomic E-state index is 0.0409. The highest BCUT2D eigenvalue weighted by atomic mass is 19.1. The maximum Gasteiger partial charge on any atom is 0.236 e. The van der Waals surface area contributed by atoms with Crippen molar-refractivity contribution in [3.05, 3.63) is 30.1 Å². The Labute approximate surface area is 158 Å². The van der Waals surface area contributed by atoms with E-state index in [0.29, 0.717) is 38.4 Å². The Balaban J connectivity index is 1.55. The van der Waals surface area contributed by atoms with Crippen LogP contribution in [-0.4, -0.2) is 85.8 Å². The van der Waals surface area contributed by atoms with Gasteiger partial charge in [0.2, 0.25) is 17.7 Å². The zero-order valence-corrected chi connectivity index (χ0v) is 15.7. The predicted molar refractivity (Wildman–Crippen MR) is 98.6 cm³/mol. The van der Waals surface area contributed by atoms with Crippen molar-refractivity contribution in [1.82, 2.24) is 14.7 Å². The second-order valence-electron chi connectivity index (χ2n) is 7.27. The highest BCUT2D eigenvalue weighted by molar-refractivity contribution is 6.00. The fourth-order valence-electron chi connectivity index (χ4n) is 3.48. The smallest absolute Gasteiger partial charge is 0.236 e. The topological polar surface area (TPSA) is 64.2 Å². The number of nitrogens with zero attached hydrogens (tertiary/aromatic N) is 4. The average Bonchev–Trinajstić information content (AvgIpc) is 3.03. The van der Waals surface area contributed by atoms with Crippen LogP contribution in [0.5, 0.6) is 0 Å². The lowest BCUT2D eigenvalue weighted by Crippen LogP contribution is -2.52. The van der Waals surface area contributed by atoms with Gasteiger partial charge in [-0.3, -0.25) is 19.3 Å². The molecule has 0 unspecified atom stereocenters. The van der Waals surface area contributed by atoms with Gasteiger partial charge in [-0.2, -0.15) is 0 Å². The highest BCUT2D eigenvalue weighted by Gasteiger charge is 2.38. The van der Waals surface area contributed by atoms with Gasteiger partial charge in [-0.05, 0) is 18.2 Å². The van der Waals surface area contributed by atoms with E-state index in [9.17, 15) is 18.8 Å². The first-order valence-corrected chi connectivity index (χ1v) is 9.12. The van der Waals surface area contributed by atoms with Gasteiger partial charge in [0, 0.05) is 58.9 Å². The lowest BCUT2D eigenvalue weighted by Gasteiger charge is -2.35. The number of benzene rings is 1. The Hall–Kier alpha value is -2.48. The van der Waals surface area contributed by atoms with Crippen LogP contribution in [0.4, 0.5) is 10.1 Å². The van der Waals surface area contributed by atoms with Crippen LogP contribution in [0.3, 0.4) is 0 Å². The van der Waals surface area contributed by atoms with E-state index < -0.39 is 11.7 Å². The SMILES string of the molecule is CN(C)C(=O)CN1CCN(C(=O)[C@H]2CC(=O)N(c3cccc(F)c3)C2)CC1. The van der Waals surface area contributed by atoms with Crippen molar-refractivity contribution in [1.29, 1.82) is 0 Å². The maximum absolute atomic E-state index is 13.4. The minimum atomic E-state index is -0.407. The molecule has 7 nitrogen and oxygen atoms in total. The molecule has 0 bridgehead atoms. The number of hydrogen-bond donors (Lipinski definition) is 0. The third kappa shape index (κ3) is 4.44. The highest BCUT2D eigenvalue weighted by Crippen LogP contribution is 2.27. The number of rotatable bonds is 4. The standard InChI is InChI=1S/C19H25FN4O3/c1-21(2)18(26)13-22-6-8-23(9-7-22)19(27)14-10-17(25)24(12-14)16-5-3-4-15(20)11-16/h3-5,11,14H,6-10,12-13H2,1-2H3/t14-/m0/s1. The van der Waals surface area contributed by atoms with Gasteiger partial charge in [0.1, 0.15) is 5.82 Å². The molecule has 0 saturated carbocycles. The number of hydrogen-bond acceptors (Lipinski definition) is 4. The molecule has 0 N–H and O–H groups in total. The first kappa shape index (κ1) is 19.3. The van der Waals surface area contributed by atoms with Gasteiger partial charge in [-0.15, -0.1) is 0 Å². The number of likely N-dealkylation sites (N-methyl/N-ethyl adjacent to an activating group) is 1. The minimum Gasteiger partial charge on any atom is -0.348 e. The Morgan fingerprint density at radius 2 is 1.89 bits per heavy atom. The van der Waals surface area contributed by atoms with Crippen LogP contribution in [0.25, 0.3) is 0 Å². The van der Waals surface area contributed by atoms with Crippen molar-refractivity contribution in [3.8, 4) is 0 Å². The molecule has 0 radical (unpaired) electrons. The van der Waals surface area contributed by atoms with E-state index in [1.54, 1.807) is 36.0 Å². The van der Waals surface area contributed by atoms with E-state index in [-0.39, 0.29) is 30.7 Å². The number of carbonyl (C=O) groups excluding carboxylic acids is 3. The first-order chi connectivity index (χ1) is 12.8. The van der Waals surface area contributed by atoms with Crippen LogP contribution >= 0.6 is 0 Å². The molecule has 2 aliphatic heterocycles. The summed E-state index contributed by atoms with van der Waals surface area (Å²) in [5.41, 5.74) is 0.488. The van der Waals surface area contributed by atoms with Crippen LogP contribution in [-0.2, 0) is 14.4 Å². The van der Waals surface area contributed by atoms with Crippen molar-refractivity contribution in [2.24, 2.45) is 5.92 Å². The fraction of sp³-hybridized carbons (Fsp3) is 0.526. The van der Waals surface area contributed by atoms with Crippen LogP contribution < -0.4 is 4.90 Å². The lowest BCUT2D eigenvalue weighted by molar-refractivity contribution is -0.138. The van der Waals surface area contributed by atoms with Gasteiger partial charge in [0.25, 0.3) is 0 Å². The molecule has 3 amide bonds. The number of halogens is 1. The van der Waals surface area contributed by atoms with Crippen molar-refractivity contribution in [2.75, 3.05) is 58.3 Å². The van der Waals surface area contributed by atoms with Gasteiger partial charge in [-0.1, -0.05) is 6.07 Å². The molecule has 3 rings (SSSR count). The molecule has 2 fully saturated rings. The lowest BCUT2D eigenvalue weighted by atomic mass is 10.1. The van der Waals surface area contributed by atoms with Crippen molar-refractivity contribution >= 4 is 23.4 Å². The molecule has 0 aliphatic carbocycles. The fourth-order valence-corrected chi connectivity index (χ4v) is 3.48. The molecule has 1 aromatic carbocycles. The molecular weight excluding hydrogens is 351 g/mol. The molecule has 2 saturated heterocycles. The molecule has 1 atom stereocenters. The van der Waals surface area contributed by atoms with Crippen LogP contribution in [0.2, 0.25) is 0 Å². The second kappa shape index (κ2) is 8.04. The number of piperazine rings is 1. The Kier molecular flexibility index (Phi) is 5.74. The molecule has 146 valence electrons. The molecular formula is C19H25FN4O3. The molecule has 27 heavy (non-hydrogen) atoms. The van der Waals surface area contributed by atoms with Gasteiger partial charge in [-0.25, -0.2) is 4.39 Å². The predicted octanol–water partition coefficient (Wildman–Crippen LogP) is 0.411. The molecule has 8 heteroatoms. The quantitative estimate of drug-likeness (QED) is 0.764. The zero-order valence-electron chi connectivity index (χ0n) is 15.7. The summed E-state index contributed by atoms with van der Waals surface area (Å²) in [6, 6.07) is 5.87. The third-order valence-corrected chi connectivity index (χ3v) is 5.14. The van der Waals surface area contributed by atoms with Gasteiger partial charge in [0.05, 0.1) is 12.5 Å². The first-order valence-electron chi connectivity index (χ1n) is 9.12. The summed E-state index contributed by atoms with van der Waals surface area (Å²) in [4.78, 5) is 43.8. The summed E-state index contributed by atoms with van der Waals surface area (Å²) < 4.78 is 13.4. The van der Waals surface area contributed by atoms with Gasteiger partial charge >= 0.3 is 0 Å². The Morgan fingerprint density at radius 3 is 2.52 bits per heavy atom. The van der Waals surface area contributed by atoms with Crippen molar-refractivity contribution < 1.29 is 18.8 Å². The molecule has 2 aliphatic rings. The van der Waals surface area contributed by atoms with E-state index >= 15 is 0 Å². The summed E-state index contributed by atoms with van der Waals surface area (Å²) >= 11 is 0. The number of anilines is 1. The van der Waals surface area contributed by atoms with Gasteiger partial charge in [0.15, 0.2) is 0 Å². The van der Waals surface area contributed by atoms with E-state index in [0.717, 1.165) is 0 Å². The molecule has 1 aromatic rings. The number of amides is 3. The Morgan fingerprint density at radius 1 is 1.19 bits per heavy atom. The Bertz CT molecular complexity index is 731. The van der Waals surface area contributed by atoms with E-state index in [4.69, 9.17) is 0 Å². The van der Waals surface area contributed by atoms with Crippen LogP contribution in [0.1, 0.15) is 6.42 Å². The van der Waals surface area contributed by atoms with E-state index in [1.807, 2.05) is 4.90 Å². The summed E-state index contributed by atoms with van der Waals surface area (Å²) in [6.07, 6.45) is 0.147. The van der Waals surface area contributed by atoms with Crippen LogP contribution in [0.15, 0.2) is 24.3 Å². The van der Waals surface area contributed by atoms with Crippen molar-refractivity contribution in [3.63, 3.8) is 0 Å². The monoisotopic (exact) mass is 376 g/mol. The molecule has 2 heterocycles. The largest absolute Gasteiger partial charge is 0.348 e. The number of carbonyl (C=O) groups is 3. The third-order valence-electron chi connectivity index (χ3n) is 5.14. The molecule has 0 aromatic heterocycles. The summed E-state index contributed by atoms with van der Waals surface area (Å²) in [5, 5.41) is 0. The summed E-state index contributed by atoms with van der Waals surface area (Å²) in [7, 11) is 3.45. The van der Waals surface area contributed by atoms with Crippen molar-refractivity contribution in [2.45, 2.75) is 6.42 Å². The average molecular weight is 376 g/mol. The maximum atomic E-state index is 13.4. The van der Waals surface area contributed by atoms with Gasteiger partial charge < -0.3 is 14.7 Å². The summed E-state index contributed by atoms with van der Waals surface area (Å²) in [5.74, 6) is -0.967. The zero-order chi connectivity index (χ0) is 19.6. The second-order valence-corrected chi connectivity index (χ2v) is 7.27. The normalized spacial score (nSPS) is 20.9. The molecule has 0 spiro atoms. The van der Waals surface area contributed by atoms with E-state index in [1.165, 1.54) is 17.0 Å².